The van der Waals surface area contributed by atoms with Crippen LogP contribution in [0, 0.1) is 5.92 Å². The van der Waals surface area contributed by atoms with Crippen LogP contribution in [0.25, 0.3) is 0 Å². The van der Waals surface area contributed by atoms with Crippen LogP contribution >= 0.6 is 0 Å². The smallest absolute Gasteiger partial charge is 0.308 e. The number of unbranched alkanes of at least 4 members (excludes halogenated alkanes) is 2. The Morgan fingerprint density at radius 1 is 1.21 bits per heavy atom. The molecule has 0 aromatic carbocycles. The van der Waals surface area contributed by atoms with Crippen molar-refractivity contribution in [3.05, 3.63) is 0 Å². The summed E-state index contributed by atoms with van der Waals surface area (Å²) in [4.78, 5) is 21.1. The number of carboxylic acid groups (broad SMARTS) is 1. The molecule has 4 heteroatoms. The highest BCUT2D eigenvalue weighted by molar-refractivity contribution is 5.71. The summed E-state index contributed by atoms with van der Waals surface area (Å²) in [5.41, 5.74) is 0. The maximum Gasteiger partial charge on any atom is 0.308 e. The molecule has 0 aliphatic heterocycles. The van der Waals surface area contributed by atoms with Gasteiger partial charge in [-0.15, -0.1) is 0 Å². The summed E-state index contributed by atoms with van der Waals surface area (Å²) in [5, 5.41) is 8.35. The number of ether oxygens (including phenoxy) is 1. The average Bonchev–Trinajstić information content (AvgIpc) is 2.09. The highest BCUT2D eigenvalue weighted by atomic mass is 16.5. The van der Waals surface area contributed by atoms with Crippen LogP contribution < -0.4 is 0 Å². The second-order valence-corrected chi connectivity index (χ2v) is 3.53. The van der Waals surface area contributed by atoms with Crippen molar-refractivity contribution in [2.75, 3.05) is 6.61 Å². The molecule has 0 saturated carbocycles. The van der Waals surface area contributed by atoms with Crippen molar-refractivity contribution in [2.24, 2.45) is 5.92 Å². The quantitative estimate of drug-likeness (QED) is 0.505. The molecule has 0 radical (unpaired) electrons. The number of aliphatic carboxylic acids is 1. The third-order valence-corrected chi connectivity index (χ3v) is 1.75. The molecule has 0 fully saturated rings. The molecule has 0 bridgehead atoms. The molecule has 0 atom stereocenters. The van der Waals surface area contributed by atoms with Gasteiger partial charge in [0.15, 0.2) is 0 Å². The van der Waals surface area contributed by atoms with Crippen LogP contribution in [0.5, 0.6) is 0 Å². The highest BCUT2D eigenvalue weighted by Gasteiger charge is 2.07. The summed E-state index contributed by atoms with van der Waals surface area (Å²) in [6.45, 7) is 3.97. The van der Waals surface area contributed by atoms with Crippen molar-refractivity contribution < 1.29 is 19.4 Å². The summed E-state index contributed by atoms with van der Waals surface area (Å²) in [5.74, 6) is -1.05. The maximum absolute atomic E-state index is 11.0. The van der Waals surface area contributed by atoms with Gasteiger partial charge in [-0.25, -0.2) is 0 Å². The zero-order valence-corrected chi connectivity index (χ0v) is 8.78. The first-order valence-corrected chi connectivity index (χ1v) is 4.92. The Kier molecular flexibility index (Phi) is 6.80. The standard InChI is InChI=1S/C10H18O4/c1-8(2)10(13)14-7-5-3-4-6-9(11)12/h8H,3-7H2,1-2H3,(H,11,12). The van der Waals surface area contributed by atoms with Crippen LogP contribution in [0.4, 0.5) is 0 Å². The van der Waals surface area contributed by atoms with E-state index in [0.717, 1.165) is 12.8 Å². The van der Waals surface area contributed by atoms with Crippen molar-refractivity contribution in [3.63, 3.8) is 0 Å². The Bertz CT molecular complexity index is 187. The molecule has 0 aliphatic carbocycles. The minimum Gasteiger partial charge on any atom is -0.481 e. The molecule has 0 saturated heterocycles. The van der Waals surface area contributed by atoms with Crippen LogP contribution in [0.1, 0.15) is 39.5 Å². The first kappa shape index (κ1) is 12.9. The van der Waals surface area contributed by atoms with Crippen LogP contribution in [0.3, 0.4) is 0 Å². The van der Waals surface area contributed by atoms with Crippen molar-refractivity contribution in [3.8, 4) is 0 Å². The number of esters is 1. The number of hydrogen-bond acceptors (Lipinski definition) is 3. The van der Waals surface area contributed by atoms with Crippen LogP contribution in [0.2, 0.25) is 0 Å². The number of carbonyl (C=O) groups excluding carboxylic acids is 1. The van der Waals surface area contributed by atoms with Crippen molar-refractivity contribution in [2.45, 2.75) is 39.5 Å². The van der Waals surface area contributed by atoms with E-state index in [1.54, 1.807) is 13.8 Å². The number of carbonyl (C=O) groups is 2. The normalized spacial score (nSPS) is 10.2. The lowest BCUT2D eigenvalue weighted by atomic mass is 10.2. The summed E-state index contributed by atoms with van der Waals surface area (Å²) in [6, 6.07) is 0. The Morgan fingerprint density at radius 2 is 1.86 bits per heavy atom. The minimum atomic E-state index is -0.774. The van der Waals surface area contributed by atoms with Gasteiger partial charge in [0.2, 0.25) is 0 Å². The van der Waals surface area contributed by atoms with Gasteiger partial charge in [-0.05, 0) is 19.3 Å². The molecule has 14 heavy (non-hydrogen) atoms. The molecule has 82 valence electrons. The Labute approximate surface area is 84.3 Å². The Hall–Kier alpha value is -1.06. The van der Waals surface area contributed by atoms with Gasteiger partial charge >= 0.3 is 11.9 Å². The largest absolute Gasteiger partial charge is 0.481 e. The molecular formula is C10H18O4. The zero-order chi connectivity index (χ0) is 11.0. The second kappa shape index (κ2) is 7.35. The predicted octanol–water partition coefficient (Wildman–Crippen LogP) is 1.83. The van der Waals surface area contributed by atoms with Gasteiger partial charge in [-0.2, -0.15) is 0 Å². The molecule has 0 aliphatic rings. The van der Waals surface area contributed by atoms with E-state index >= 15 is 0 Å². The average molecular weight is 202 g/mol. The van der Waals surface area contributed by atoms with E-state index in [4.69, 9.17) is 9.84 Å². The Morgan fingerprint density at radius 3 is 2.36 bits per heavy atom. The third-order valence-electron chi connectivity index (χ3n) is 1.75. The fraction of sp³-hybridized carbons (Fsp3) is 0.800. The summed E-state index contributed by atoms with van der Waals surface area (Å²) < 4.78 is 4.92. The van der Waals surface area contributed by atoms with Crippen LogP contribution in [0.15, 0.2) is 0 Å². The van der Waals surface area contributed by atoms with E-state index < -0.39 is 5.97 Å². The van der Waals surface area contributed by atoms with E-state index in [0.29, 0.717) is 13.0 Å². The van der Waals surface area contributed by atoms with E-state index in [1.165, 1.54) is 0 Å². The number of carboxylic acids is 1. The highest BCUT2D eigenvalue weighted by Crippen LogP contribution is 2.02. The van der Waals surface area contributed by atoms with Crippen molar-refractivity contribution in [1.29, 1.82) is 0 Å². The van der Waals surface area contributed by atoms with Gasteiger partial charge < -0.3 is 9.84 Å². The van der Waals surface area contributed by atoms with E-state index in [2.05, 4.69) is 0 Å². The maximum atomic E-state index is 11.0. The van der Waals surface area contributed by atoms with E-state index in [9.17, 15) is 9.59 Å². The lowest BCUT2D eigenvalue weighted by Crippen LogP contribution is -2.12. The molecule has 0 aromatic heterocycles. The molecule has 4 nitrogen and oxygen atoms in total. The van der Waals surface area contributed by atoms with Crippen LogP contribution in [-0.2, 0) is 14.3 Å². The molecule has 0 amide bonds. The van der Waals surface area contributed by atoms with Crippen LogP contribution in [-0.4, -0.2) is 23.7 Å². The van der Waals surface area contributed by atoms with Gasteiger partial charge in [0.05, 0.1) is 12.5 Å². The number of hydrogen-bond donors (Lipinski definition) is 1. The van der Waals surface area contributed by atoms with Crippen molar-refractivity contribution in [1.82, 2.24) is 0 Å². The molecule has 0 unspecified atom stereocenters. The molecule has 0 aromatic rings. The monoisotopic (exact) mass is 202 g/mol. The topological polar surface area (TPSA) is 63.6 Å². The van der Waals surface area contributed by atoms with E-state index in [-0.39, 0.29) is 18.3 Å². The number of rotatable bonds is 7. The fourth-order valence-corrected chi connectivity index (χ4v) is 0.894. The zero-order valence-electron chi connectivity index (χ0n) is 8.78. The van der Waals surface area contributed by atoms with Gasteiger partial charge in [-0.3, -0.25) is 9.59 Å². The van der Waals surface area contributed by atoms with Gasteiger partial charge in [0.1, 0.15) is 0 Å². The molecular weight excluding hydrogens is 184 g/mol. The minimum absolute atomic E-state index is 0.0889. The van der Waals surface area contributed by atoms with Gasteiger partial charge in [-0.1, -0.05) is 13.8 Å². The molecule has 0 rings (SSSR count). The second-order valence-electron chi connectivity index (χ2n) is 3.53. The lowest BCUT2D eigenvalue weighted by Gasteiger charge is -2.06. The Balaban J connectivity index is 3.22. The SMILES string of the molecule is CC(C)C(=O)OCCCCCC(=O)O. The summed E-state index contributed by atoms with van der Waals surface area (Å²) in [6.07, 6.45) is 2.37. The molecule has 0 spiro atoms. The van der Waals surface area contributed by atoms with Crippen molar-refractivity contribution >= 4 is 11.9 Å². The van der Waals surface area contributed by atoms with Gasteiger partial charge in [0, 0.05) is 6.42 Å². The molecule has 1 N–H and O–H groups in total. The third kappa shape index (κ3) is 7.58. The van der Waals surface area contributed by atoms with Gasteiger partial charge in [0.25, 0.3) is 0 Å². The fourth-order valence-electron chi connectivity index (χ4n) is 0.894. The van der Waals surface area contributed by atoms with E-state index in [1.807, 2.05) is 0 Å². The summed E-state index contributed by atoms with van der Waals surface area (Å²) in [7, 11) is 0. The first-order valence-electron chi connectivity index (χ1n) is 4.92. The predicted molar refractivity (Wildman–Crippen MR) is 51.9 cm³/mol. The summed E-state index contributed by atoms with van der Waals surface area (Å²) >= 11 is 0. The molecule has 0 heterocycles. The lowest BCUT2D eigenvalue weighted by molar-refractivity contribution is -0.147. The first-order chi connectivity index (χ1) is 6.54.